The average Bonchev–Trinajstić information content (AvgIpc) is 2.82. The lowest BCUT2D eigenvalue weighted by atomic mass is 9.47. The fourth-order valence-corrected chi connectivity index (χ4v) is 7.42. The molecule has 0 amide bonds. The molecule has 22 heavy (non-hydrogen) atoms. The normalized spacial score (nSPS) is 50.5. The van der Waals surface area contributed by atoms with Crippen LogP contribution >= 0.6 is 0 Å². The van der Waals surface area contributed by atoms with Gasteiger partial charge in [0, 0.05) is 5.41 Å². The van der Waals surface area contributed by atoms with Gasteiger partial charge in [0.25, 0.3) is 0 Å². The number of fused-ring (bicyclic) bond motifs is 5. The van der Waals surface area contributed by atoms with Crippen molar-refractivity contribution >= 4 is 0 Å². The van der Waals surface area contributed by atoms with E-state index in [-0.39, 0.29) is 0 Å². The molecule has 0 heteroatoms. The molecule has 0 aromatic carbocycles. The van der Waals surface area contributed by atoms with Crippen molar-refractivity contribution in [3.8, 4) is 0 Å². The summed E-state index contributed by atoms with van der Waals surface area (Å²) in [6, 6.07) is 0. The third-order valence-corrected chi connectivity index (χ3v) is 8.55. The summed E-state index contributed by atoms with van der Waals surface area (Å²) in [5, 5.41) is 0. The quantitative estimate of drug-likeness (QED) is 0.483. The van der Waals surface area contributed by atoms with Crippen LogP contribution in [0.2, 0.25) is 0 Å². The Morgan fingerprint density at radius 2 is 1.91 bits per heavy atom. The summed E-state index contributed by atoms with van der Waals surface area (Å²) < 4.78 is 0. The maximum atomic E-state index is 2.67. The van der Waals surface area contributed by atoms with Crippen LogP contribution in [-0.2, 0) is 0 Å². The Labute approximate surface area is 137 Å². The van der Waals surface area contributed by atoms with Crippen molar-refractivity contribution in [2.24, 2.45) is 34.5 Å². The van der Waals surface area contributed by atoms with Crippen LogP contribution in [0, 0.1) is 34.5 Å². The average molecular weight is 299 g/mol. The van der Waals surface area contributed by atoms with Crippen LogP contribution in [-0.4, -0.2) is 0 Å². The molecular formula is C22H34. The molecule has 4 aliphatic rings. The summed E-state index contributed by atoms with van der Waals surface area (Å²) >= 11 is 0. The molecule has 0 unspecified atom stereocenters. The lowest BCUT2D eigenvalue weighted by Crippen LogP contribution is -2.49. The third-order valence-electron chi connectivity index (χ3n) is 8.55. The molecule has 4 aliphatic carbocycles. The van der Waals surface area contributed by atoms with E-state index in [0.29, 0.717) is 10.8 Å². The Kier molecular flexibility index (Phi) is 3.41. The van der Waals surface area contributed by atoms with Gasteiger partial charge in [-0.25, -0.2) is 0 Å². The third kappa shape index (κ3) is 1.88. The van der Waals surface area contributed by atoms with Crippen molar-refractivity contribution < 1.29 is 0 Å². The monoisotopic (exact) mass is 298 g/mol. The van der Waals surface area contributed by atoms with Crippen LogP contribution in [0.5, 0.6) is 0 Å². The standard InChI is InChI=1S/C22H34/c1-5-16-9-11-19-18-10-8-17-7-6-15(2)14-22(17,4)20(18)12-13-21(16,19)3/h7,14,16,18-20H,5-6,8-13H2,1-4H3/t16-,18-,19-,20-,21+,22-/m0/s1. The number of hydrogen-bond donors (Lipinski definition) is 0. The molecule has 0 aromatic heterocycles. The Morgan fingerprint density at radius 1 is 1.09 bits per heavy atom. The predicted octanol–water partition coefficient (Wildman–Crippen LogP) is 6.53. The van der Waals surface area contributed by atoms with Gasteiger partial charge in [0.15, 0.2) is 0 Å². The molecule has 0 spiro atoms. The van der Waals surface area contributed by atoms with Gasteiger partial charge >= 0.3 is 0 Å². The number of allylic oxidation sites excluding steroid dienone is 4. The number of hydrogen-bond acceptors (Lipinski definition) is 0. The zero-order valence-corrected chi connectivity index (χ0v) is 15.1. The molecule has 0 N–H and O–H groups in total. The van der Waals surface area contributed by atoms with Gasteiger partial charge < -0.3 is 0 Å². The maximum Gasteiger partial charge on any atom is 0.00961 e. The zero-order chi connectivity index (χ0) is 15.5. The van der Waals surface area contributed by atoms with E-state index in [1.807, 2.05) is 0 Å². The second kappa shape index (κ2) is 4.99. The summed E-state index contributed by atoms with van der Waals surface area (Å²) in [7, 11) is 0. The first-order valence-electron chi connectivity index (χ1n) is 9.87. The summed E-state index contributed by atoms with van der Waals surface area (Å²) in [5.74, 6) is 3.95. The SMILES string of the molecule is CC[C@H]1CC[C@H]2[C@@H]3CCC4=CCC(C)=C[C@]4(C)[C@H]3CC[C@]12C. The van der Waals surface area contributed by atoms with Crippen molar-refractivity contribution in [1.29, 1.82) is 0 Å². The lowest BCUT2D eigenvalue weighted by Gasteiger charge is -2.57. The summed E-state index contributed by atoms with van der Waals surface area (Å²) in [4.78, 5) is 0. The van der Waals surface area contributed by atoms with Crippen molar-refractivity contribution in [1.82, 2.24) is 0 Å². The van der Waals surface area contributed by atoms with Gasteiger partial charge in [0.2, 0.25) is 0 Å². The van der Waals surface area contributed by atoms with Crippen molar-refractivity contribution in [2.75, 3.05) is 0 Å². The van der Waals surface area contributed by atoms with E-state index in [1.165, 1.54) is 51.4 Å². The minimum Gasteiger partial charge on any atom is -0.0804 e. The van der Waals surface area contributed by atoms with Crippen molar-refractivity contribution in [3.63, 3.8) is 0 Å². The fraction of sp³-hybridized carbons (Fsp3) is 0.818. The summed E-state index contributed by atoms with van der Waals surface area (Å²) in [6.45, 7) is 10.0. The van der Waals surface area contributed by atoms with E-state index in [4.69, 9.17) is 0 Å². The van der Waals surface area contributed by atoms with E-state index in [9.17, 15) is 0 Å². The molecule has 0 aromatic rings. The lowest BCUT2D eigenvalue weighted by molar-refractivity contribution is -0.0344. The minimum absolute atomic E-state index is 0.400. The van der Waals surface area contributed by atoms with Crippen LogP contribution in [0.1, 0.15) is 79.1 Å². The molecular weight excluding hydrogens is 264 g/mol. The van der Waals surface area contributed by atoms with Gasteiger partial charge in [0.1, 0.15) is 0 Å². The van der Waals surface area contributed by atoms with Gasteiger partial charge in [-0.3, -0.25) is 0 Å². The number of rotatable bonds is 1. The Hall–Kier alpha value is -0.520. The van der Waals surface area contributed by atoms with Gasteiger partial charge in [-0.1, -0.05) is 50.5 Å². The first kappa shape index (κ1) is 15.0. The highest BCUT2D eigenvalue weighted by Crippen LogP contribution is 2.66. The highest BCUT2D eigenvalue weighted by Gasteiger charge is 2.57. The minimum atomic E-state index is 0.400. The highest BCUT2D eigenvalue weighted by molar-refractivity contribution is 5.34. The molecule has 6 atom stereocenters. The molecule has 0 heterocycles. The summed E-state index contributed by atoms with van der Waals surface area (Å²) in [6.07, 6.45) is 16.7. The van der Waals surface area contributed by atoms with E-state index in [1.54, 1.807) is 11.1 Å². The van der Waals surface area contributed by atoms with Gasteiger partial charge in [0.05, 0.1) is 0 Å². The van der Waals surface area contributed by atoms with E-state index < -0.39 is 0 Å². The van der Waals surface area contributed by atoms with Crippen molar-refractivity contribution in [2.45, 2.75) is 79.1 Å². The zero-order valence-electron chi connectivity index (χ0n) is 15.1. The van der Waals surface area contributed by atoms with E-state index in [2.05, 4.69) is 39.8 Å². The molecule has 122 valence electrons. The molecule has 0 aliphatic heterocycles. The Morgan fingerprint density at radius 3 is 2.68 bits per heavy atom. The van der Waals surface area contributed by atoms with E-state index in [0.717, 1.165) is 23.7 Å². The Balaban J connectivity index is 1.69. The van der Waals surface area contributed by atoms with Crippen LogP contribution in [0.3, 0.4) is 0 Å². The van der Waals surface area contributed by atoms with Crippen LogP contribution in [0.4, 0.5) is 0 Å². The van der Waals surface area contributed by atoms with Crippen molar-refractivity contribution in [3.05, 3.63) is 23.3 Å². The first-order chi connectivity index (χ1) is 10.5. The topological polar surface area (TPSA) is 0 Å². The second-order valence-electron chi connectivity index (χ2n) is 9.35. The molecule has 0 nitrogen and oxygen atoms in total. The van der Waals surface area contributed by atoms with Gasteiger partial charge in [-0.05, 0) is 81.0 Å². The maximum absolute atomic E-state index is 2.67. The molecule has 3 fully saturated rings. The Bertz CT molecular complexity index is 524. The highest BCUT2D eigenvalue weighted by atomic mass is 14.6. The molecule has 0 radical (unpaired) electrons. The fourth-order valence-electron chi connectivity index (χ4n) is 7.42. The summed E-state index contributed by atoms with van der Waals surface area (Å²) in [5.41, 5.74) is 4.46. The van der Waals surface area contributed by atoms with Crippen LogP contribution in [0.25, 0.3) is 0 Å². The largest absolute Gasteiger partial charge is 0.0804 e. The molecule has 3 saturated carbocycles. The second-order valence-corrected chi connectivity index (χ2v) is 9.35. The van der Waals surface area contributed by atoms with Crippen LogP contribution < -0.4 is 0 Å². The van der Waals surface area contributed by atoms with Gasteiger partial charge in [-0.15, -0.1) is 0 Å². The van der Waals surface area contributed by atoms with Crippen LogP contribution in [0.15, 0.2) is 23.3 Å². The van der Waals surface area contributed by atoms with E-state index >= 15 is 0 Å². The smallest absolute Gasteiger partial charge is 0.00961 e. The first-order valence-corrected chi connectivity index (χ1v) is 9.87. The molecule has 0 saturated heterocycles. The van der Waals surface area contributed by atoms with Gasteiger partial charge in [-0.2, -0.15) is 0 Å². The molecule has 0 bridgehead atoms. The molecule has 4 rings (SSSR count). The predicted molar refractivity (Wildman–Crippen MR) is 94.6 cm³/mol.